The van der Waals surface area contributed by atoms with E-state index in [0.717, 1.165) is 12.8 Å². The third-order valence-electron chi connectivity index (χ3n) is 3.21. The number of rotatable bonds is 7. The predicted octanol–water partition coefficient (Wildman–Crippen LogP) is 1.24. The molecule has 114 valence electrons. The van der Waals surface area contributed by atoms with Crippen LogP contribution in [0.2, 0.25) is 0 Å². The minimum atomic E-state index is -1.09. The topological polar surface area (TPSA) is 104 Å². The number of nitrogens with one attached hydrogen (secondary N) is 2. The highest BCUT2D eigenvalue weighted by molar-refractivity contribution is 5.91. The van der Waals surface area contributed by atoms with Crippen LogP contribution in [0.1, 0.15) is 48.9 Å². The van der Waals surface area contributed by atoms with Crippen molar-refractivity contribution < 1.29 is 14.7 Å². The van der Waals surface area contributed by atoms with Crippen molar-refractivity contribution in [2.45, 2.75) is 32.6 Å². The minimum absolute atomic E-state index is 0.0396. The summed E-state index contributed by atoms with van der Waals surface area (Å²) in [6.07, 6.45) is 3.41. The fraction of sp³-hybridized carbons (Fsp3) is 0.571. The van der Waals surface area contributed by atoms with Gasteiger partial charge in [0.05, 0.1) is 11.9 Å². The van der Waals surface area contributed by atoms with Crippen molar-refractivity contribution in [1.29, 1.82) is 0 Å². The van der Waals surface area contributed by atoms with Crippen molar-refractivity contribution in [2.75, 3.05) is 18.4 Å². The summed E-state index contributed by atoms with van der Waals surface area (Å²) in [6, 6.07) is 0. The maximum Gasteiger partial charge on any atom is 0.356 e. The molecule has 0 saturated heterocycles. The Kier molecular flexibility index (Phi) is 4.72. The average Bonchev–Trinajstić information content (AvgIpc) is 3.27. The van der Waals surface area contributed by atoms with E-state index in [-0.39, 0.29) is 23.4 Å². The van der Waals surface area contributed by atoms with E-state index in [1.807, 2.05) is 13.8 Å². The number of amides is 1. The van der Waals surface area contributed by atoms with Gasteiger partial charge in [-0.25, -0.2) is 14.8 Å². The smallest absolute Gasteiger partial charge is 0.356 e. The number of carboxylic acids is 1. The van der Waals surface area contributed by atoms with E-state index in [0.29, 0.717) is 24.6 Å². The summed E-state index contributed by atoms with van der Waals surface area (Å²) in [7, 11) is 0. The Labute approximate surface area is 123 Å². The van der Waals surface area contributed by atoms with Crippen molar-refractivity contribution in [3.05, 3.63) is 17.7 Å². The molecule has 0 atom stereocenters. The molecule has 1 aliphatic carbocycles. The monoisotopic (exact) mass is 292 g/mol. The number of aromatic nitrogens is 2. The summed E-state index contributed by atoms with van der Waals surface area (Å²) in [5.41, 5.74) is 0.329. The molecule has 0 spiro atoms. The number of hydrogen-bond donors (Lipinski definition) is 3. The first kappa shape index (κ1) is 15.2. The van der Waals surface area contributed by atoms with Crippen LogP contribution in [0.25, 0.3) is 0 Å². The zero-order valence-corrected chi connectivity index (χ0v) is 12.2. The third-order valence-corrected chi connectivity index (χ3v) is 3.21. The summed E-state index contributed by atoms with van der Waals surface area (Å²) >= 11 is 0. The van der Waals surface area contributed by atoms with E-state index < -0.39 is 5.97 Å². The summed E-state index contributed by atoms with van der Waals surface area (Å²) in [5, 5.41) is 15.0. The van der Waals surface area contributed by atoms with Crippen LogP contribution in [0.15, 0.2) is 6.20 Å². The Hall–Kier alpha value is -2.18. The minimum Gasteiger partial charge on any atom is -0.476 e. The third kappa shape index (κ3) is 4.14. The van der Waals surface area contributed by atoms with Crippen LogP contribution in [0.3, 0.4) is 0 Å². The summed E-state index contributed by atoms with van der Waals surface area (Å²) in [6.45, 7) is 4.69. The predicted molar refractivity (Wildman–Crippen MR) is 77.3 cm³/mol. The quantitative estimate of drug-likeness (QED) is 0.653. The lowest BCUT2D eigenvalue weighted by atomic mass is 10.2. The van der Waals surface area contributed by atoms with Gasteiger partial charge < -0.3 is 15.7 Å². The number of hydrogen-bond acceptors (Lipinski definition) is 5. The molecule has 7 heteroatoms. The Balaban J connectivity index is 1.92. The highest BCUT2D eigenvalue weighted by Gasteiger charge is 2.29. The lowest BCUT2D eigenvalue weighted by Crippen LogP contribution is -2.30. The van der Waals surface area contributed by atoms with E-state index in [2.05, 4.69) is 20.6 Å². The molecule has 3 N–H and O–H groups in total. The molecule has 1 amide bonds. The number of nitrogens with zero attached hydrogens (tertiary/aromatic N) is 2. The number of aromatic carboxylic acids is 1. The van der Waals surface area contributed by atoms with E-state index in [9.17, 15) is 14.7 Å². The fourth-order valence-electron chi connectivity index (χ4n) is 1.84. The van der Waals surface area contributed by atoms with Gasteiger partial charge in [-0.2, -0.15) is 0 Å². The van der Waals surface area contributed by atoms with Gasteiger partial charge in [0.1, 0.15) is 5.82 Å². The Morgan fingerprint density at radius 1 is 1.38 bits per heavy atom. The molecule has 1 fully saturated rings. The van der Waals surface area contributed by atoms with Crippen LogP contribution in [0.5, 0.6) is 0 Å². The van der Waals surface area contributed by atoms with Gasteiger partial charge in [-0.05, 0) is 12.8 Å². The molecule has 1 aliphatic rings. The van der Waals surface area contributed by atoms with Gasteiger partial charge in [0.15, 0.2) is 5.69 Å². The molecule has 1 heterocycles. The summed E-state index contributed by atoms with van der Waals surface area (Å²) in [5.74, 6) is -0.284. The van der Waals surface area contributed by atoms with Gasteiger partial charge in [-0.3, -0.25) is 4.79 Å². The number of anilines is 1. The zero-order chi connectivity index (χ0) is 15.4. The SMILES string of the molecule is CC(C)c1ncc(NCCNC(=O)C2CC2)c(C(=O)O)n1. The molecule has 0 aromatic carbocycles. The molecule has 0 radical (unpaired) electrons. The molecular weight excluding hydrogens is 272 g/mol. The standard InChI is InChI=1S/C14H20N4O3/c1-8(2)12-17-7-10(11(18-12)14(20)21)15-5-6-16-13(19)9-3-4-9/h7-9,15H,3-6H2,1-2H3,(H,16,19)(H,20,21). The first-order chi connectivity index (χ1) is 9.99. The van der Waals surface area contributed by atoms with E-state index in [1.165, 1.54) is 6.20 Å². The Bertz CT molecular complexity index is 541. The van der Waals surface area contributed by atoms with Crippen molar-refractivity contribution in [3.8, 4) is 0 Å². The van der Waals surface area contributed by atoms with Crippen molar-refractivity contribution in [3.63, 3.8) is 0 Å². The maximum atomic E-state index is 11.5. The van der Waals surface area contributed by atoms with Gasteiger partial charge in [0.25, 0.3) is 0 Å². The van der Waals surface area contributed by atoms with Crippen molar-refractivity contribution in [2.24, 2.45) is 5.92 Å². The highest BCUT2D eigenvalue weighted by atomic mass is 16.4. The fourth-order valence-corrected chi connectivity index (χ4v) is 1.84. The molecule has 21 heavy (non-hydrogen) atoms. The van der Waals surface area contributed by atoms with Crippen molar-refractivity contribution >= 4 is 17.6 Å². The molecule has 0 bridgehead atoms. The first-order valence-corrected chi connectivity index (χ1v) is 7.11. The van der Waals surface area contributed by atoms with Crippen LogP contribution < -0.4 is 10.6 Å². The molecule has 7 nitrogen and oxygen atoms in total. The average molecular weight is 292 g/mol. The van der Waals surface area contributed by atoms with E-state index in [1.54, 1.807) is 0 Å². The molecule has 2 rings (SSSR count). The first-order valence-electron chi connectivity index (χ1n) is 7.11. The lowest BCUT2D eigenvalue weighted by molar-refractivity contribution is -0.122. The summed E-state index contributed by atoms with van der Waals surface area (Å²) < 4.78 is 0. The number of carboxylic acid groups (broad SMARTS) is 1. The molecule has 0 aliphatic heterocycles. The molecular formula is C14H20N4O3. The van der Waals surface area contributed by atoms with E-state index in [4.69, 9.17) is 0 Å². The second-order valence-electron chi connectivity index (χ2n) is 5.44. The van der Waals surface area contributed by atoms with Crippen molar-refractivity contribution in [1.82, 2.24) is 15.3 Å². The van der Waals surface area contributed by atoms with Gasteiger partial charge in [-0.15, -0.1) is 0 Å². The number of carbonyl (C=O) groups is 2. The van der Waals surface area contributed by atoms with Gasteiger partial charge in [0.2, 0.25) is 5.91 Å². The molecule has 1 aromatic rings. The molecule has 0 unspecified atom stereocenters. The largest absolute Gasteiger partial charge is 0.476 e. The van der Waals surface area contributed by atoms with Crippen LogP contribution in [-0.2, 0) is 4.79 Å². The number of carbonyl (C=O) groups excluding carboxylic acids is 1. The Morgan fingerprint density at radius 2 is 2.10 bits per heavy atom. The van der Waals surface area contributed by atoms with Crippen LogP contribution in [-0.4, -0.2) is 40.0 Å². The second-order valence-corrected chi connectivity index (χ2v) is 5.44. The van der Waals surface area contributed by atoms with E-state index >= 15 is 0 Å². The van der Waals surface area contributed by atoms with Crippen LogP contribution in [0.4, 0.5) is 5.69 Å². The second kappa shape index (κ2) is 6.51. The molecule has 1 aromatic heterocycles. The summed E-state index contributed by atoms with van der Waals surface area (Å²) in [4.78, 5) is 30.9. The Morgan fingerprint density at radius 3 is 2.67 bits per heavy atom. The van der Waals surface area contributed by atoms with Gasteiger partial charge in [-0.1, -0.05) is 13.8 Å². The van der Waals surface area contributed by atoms with Crippen LogP contribution in [0, 0.1) is 5.92 Å². The zero-order valence-electron chi connectivity index (χ0n) is 12.2. The maximum absolute atomic E-state index is 11.5. The molecule has 1 saturated carbocycles. The van der Waals surface area contributed by atoms with Crippen LogP contribution >= 0.6 is 0 Å². The van der Waals surface area contributed by atoms with Gasteiger partial charge >= 0.3 is 5.97 Å². The van der Waals surface area contributed by atoms with Gasteiger partial charge in [0, 0.05) is 24.9 Å². The highest BCUT2D eigenvalue weighted by Crippen LogP contribution is 2.28. The normalized spacial score (nSPS) is 14.0. The lowest BCUT2D eigenvalue weighted by Gasteiger charge is -2.11.